The summed E-state index contributed by atoms with van der Waals surface area (Å²) in [4.78, 5) is 3.99. The lowest BCUT2D eigenvalue weighted by Gasteiger charge is -2.15. The molecule has 3 nitrogen and oxygen atoms in total. The first-order valence-electron chi connectivity index (χ1n) is 5.69. The Bertz CT molecular complexity index is 490. The Morgan fingerprint density at radius 1 is 1.22 bits per heavy atom. The number of halogens is 1. The van der Waals surface area contributed by atoms with Crippen molar-refractivity contribution in [2.75, 3.05) is 13.2 Å². The summed E-state index contributed by atoms with van der Waals surface area (Å²) in [7, 11) is 0. The maximum Gasteiger partial charge on any atom is 0.165 e. The van der Waals surface area contributed by atoms with Gasteiger partial charge in [-0.3, -0.25) is 4.98 Å². The predicted molar refractivity (Wildman–Crippen MR) is 66.0 cm³/mol. The fourth-order valence-corrected chi connectivity index (χ4v) is 1.62. The second-order valence-electron chi connectivity index (χ2n) is 3.91. The first kappa shape index (κ1) is 12.5. The van der Waals surface area contributed by atoms with Crippen LogP contribution in [0.5, 0.6) is 5.75 Å². The van der Waals surface area contributed by atoms with Crippen molar-refractivity contribution in [3.63, 3.8) is 0 Å². The van der Waals surface area contributed by atoms with Crippen LogP contribution in [0, 0.1) is 5.82 Å². The number of rotatable bonds is 5. The van der Waals surface area contributed by atoms with Crippen molar-refractivity contribution in [1.29, 1.82) is 0 Å². The van der Waals surface area contributed by atoms with Crippen molar-refractivity contribution in [3.05, 3.63) is 60.2 Å². The molecule has 2 aromatic rings. The van der Waals surface area contributed by atoms with E-state index in [2.05, 4.69) is 4.98 Å². The second kappa shape index (κ2) is 6.12. The molecule has 18 heavy (non-hydrogen) atoms. The quantitative estimate of drug-likeness (QED) is 0.882. The van der Waals surface area contributed by atoms with Gasteiger partial charge < -0.3 is 9.84 Å². The molecule has 0 aliphatic carbocycles. The molecule has 94 valence electrons. The molecule has 0 bridgehead atoms. The molecule has 1 unspecified atom stereocenters. The molecule has 0 aliphatic heterocycles. The molecule has 1 aromatic carbocycles. The summed E-state index contributed by atoms with van der Waals surface area (Å²) in [6.45, 7) is 0.142. The lowest BCUT2D eigenvalue weighted by Crippen LogP contribution is -2.14. The number of aliphatic hydroxyl groups is 1. The highest BCUT2D eigenvalue weighted by molar-refractivity contribution is 5.24. The monoisotopic (exact) mass is 247 g/mol. The van der Waals surface area contributed by atoms with Crippen LogP contribution in [0.25, 0.3) is 0 Å². The highest BCUT2D eigenvalue weighted by atomic mass is 19.1. The molecule has 0 fully saturated rings. The van der Waals surface area contributed by atoms with Crippen molar-refractivity contribution in [2.24, 2.45) is 0 Å². The van der Waals surface area contributed by atoms with Crippen molar-refractivity contribution < 1.29 is 14.2 Å². The summed E-state index contributed by atoms with van der Waals surface area (Å²) in [5.74, 6) is -0.418. The average molecular weight is 247 g/mol. The fourth-order valence-electron chi connectivity index (χ4n) is 1.62. The Morgan fingerprint density at radius 3 is 2.72 bits per heavy atom. The van der Waals surface area contributed by atoms with Gasteiger partial charge in [0.05, 0.1) is 13.2 Å². The van der Waals surface area contributed by atoms with Gasteiger partial charge in [0.2, 0.25) is 0 Å². The number of nitrogens with zero attached hydrogens (tertiary/aromatic N) is 1. The number of ether oxygens (including phenoxy) is 1. The Hall–Kier alpha value is -1.94. The van der Waals surface area contributed by atoms with Gasteiger partial charge in [-0.1, -0.05) is 18.2 Å². The molecule has 1 aromatic heterocycles. The number of para-hydroxylation sites is 1. The van der Waals surface area contributed by atoms with Crippen LogP contribution in [0.4, 0.5) is 4.39 Å². The molecule has 1 N–H and O–H groups in total. The third-order valence-corrected chi connectivity index (χ3v) is 2.65. The summed E-state index contributed by atoms with van der Waals surface area (Å²) in [5, 5.41) is 9.33. The van der Waals surface area contributed by atoms with Gasteiger partial charge in [-0.2, -0.15) is 0 Å². The van der Waals surface area contributed by atoms with E-state index in [1.165, 1.54) is 6.07 Å². The van der Waals surface area contributed by atoms with E-state index >= 15 is 0 Å². The van der Waals surface area contributed by atoms with Crippen molar-refractivity contribution >= 4 is 0 Å². The van der Waals surface area contributed by atoms with E-state index < -0.39 is 5.82 Å². The van der Waals surface area contributed by atoms with Crippen molar-refractivity contribution in [1.82, 2.24) is 4.98 Å². The zero-order chi connectivity index (χ0) is 12.8. The van der Waals surface area contributed by atoms with Crippen molar-refractivity contribution in [2.45, 2.75) is 5.92 Å². The summed E-state index contributed by atoms with van der Waals surface area (Å²) < 4.78 is 18.7. The molecular formula is C14H14FNO2. The van der Waals surface area contributed by atoms with Crippen LogP contribution in [0.2, 0.25) is 0 Å². The zero-order valence-corrected chi connectivity index (χ0v) is 9.79. The third-order valence-electron chi connectivity index (χ3n) is 2.65. The van der Waals surface area contributed by atoms with Gasteiger partial charge in [0.25, 0.3) is 0 Å². The maximum atomic E-state index is 13.3. The number of benzene rings is 1. The summed E-state index contributed by atoms with van der Waals surface area (Å²) in [5.41, 5.74) is 0.872. The van der Waals surface area contributed by atoms with Gasteiger partial charge in [0, 0.05) is 18.3 Å². The fraction of sp³-hybridized carbons (Fsp3) is 0.214. The van der Waals surface area contributed by atoms with Crippen LogP contribution in [0.3, 0.4) is 0 Å². The molecule has 0 saturated heterocycles. The molecule has 0 aliphatic rings. The zero-order valence-electron chi connectivity index (χ0n) is 9.79. The largest absolute Gasteiger partial charge is 0.490 e. The molecule has 0 amide bonds. The first-order chi connectivity index (χ1) is 8.81. The summed E-state index contributed by atoms with van der Waals surface area (Å²) in [6, 6.07) is 9.86. The van der Waals surface area contributed by atoms with Crippen LogP contribution in [-0.2, 0) is 0 Å². The van der Waals surface area contributed by atoms with Crippen LogP contribution in [-0.4, -0.2) is 23.3 Å². The number of hydrogen-bond acceptors (Lipinski definition) is 3. The third kappa shape index (κ3) is 3.05. The van der Waals surface area contributed by atoms with E-state index in [0.29, 0.717) is 0 Å². The molecule has 0 spiro atoms. The summed E-state index contributed by atoms with van der Waals surface area (Å²) in [6.07, 6.45) is 3.33. The number of aromatic nitrogens is 1. The van der Waals surface area contributed by atoms with Gasteiger partial charge >= 0.3 is 0 Å². The Balaban J connectivity index is 2.02. The second-order valence-corrected chi connectivity index (χ2v) is 3.91. The molecule has 4 heteroatoms. The average Bonchev–Trinajstić information content (AvgIpc) is 2.42. The van der Waals surface area contributed by atoms with Gasteiger partial charge in [0.15, 0.2) is 11.6 Å². The van der Waals surface area contributed by atoms with Gasteiger partial charge in [-0.15, -0.1) is 0 Å². The highest BCUT2D eigenvalue weighted by Gasteiger charge is 2.12. The Kier molecular flexibility index (Phi) is 4.25. The van der Waals surface area contributed by atoms with Crippen LogP contribution in [0.15, 0.2) is 48.8 Å². The standard InChI is InChI=1S/C14H14FNO2/c15-13-5-1-2-6-14(13)18-10-12(9-17)11-4-3-7-16-8-11/h1-8,12,17H,9-10H2. The molecule has 1 atom stereocenters. The minimum Gasteiger partial charge on any atom is -0.490 e. The minimum atomic E-state index is -0.402. The van der Waals surface area contributed by atoms with E-state index in [-0.39, 0.29) is 24.9 Å². The van der Waals surface area contributed by atoms with Crippen LogP contribution in [0.1, 0.15) is 11.5 Å². The topological polar surface area (TPSA) is 42.4 Å². The molecular weight excluding hydrogens is 233 g/mol. The first-order valence-corrected chi connectivity index (χ1v) is 5.69. The van der Waals surface area contributed by atoms with Gasteiger partial charge in [0.1, 0.15) is 0 Å². The van der Waals surface area contributed by atoms with Crippen molar-refractivity contribution in [3.8, 4) is 5.75 Å². The van der Waals surface area contributed by atoms with Gasteiger partial charge in [-0.25, -0.2) is 4.39 Å². The normalized spacial score (nSPS) is 12.1. The Labute approximate surface area is 105 Å². The highest BCUT2D eigenvalue weighted by Crippen LogP contribution is 2.19. The van der Waals surface area contributed by atoms with E-state index in [1.807, 2.05) is 6.07 Å². The predicted octanol–water partition coefficient (Wildman–Crippen LogP) is 2.38. The Morgan fingerprint density at radius 2 is 2.06 bits per heavy atom. The van der Waals surface area contributed by atoms with E-state index in [1.54, 1.807) is 36.7 Å². The van der Waals surface area contributed by atoms with E-state index in [0.717, 1.165) is 5.56 Å². The molecule has 0 radical (unpaired) electrons. The molecule has 1 heterocycles. The van der Waals surface area contributed by atoms with Gasteiger partial charge in [-0.05, 0) is 23.8 Å². The number of pyridine rings is 1. The van der Waals surface area contributed by atoms with Crippen LogP contribution >= 0.6 is 0 Å². The van der Waals surface area contributed by atoms with E-state index in [4.69, 9.17) is 4.74 Å². The SMILES string of the molecule is OCC(COc1ccccc1F)c1cccnc1. The number of hydrogen-bond donors (Lipinski definition) is 1. The lowest BCUT2D eigenvalue weighted by atomic mass is 10.0. The molecule has 0 saturated carbocycles. The minimum absolute atomic E-state index is 0.0693. The number of aliphatic hydroxyl groups excluding tert-OH is 1. The smallest absolute Gasteiger partial charge is 0.165 e. The van der Waals surface area contributed by atoms with E-state index in [9.17, 15) is 9.50 Å². The lowest BCUT2D eigenvalue weighted by molar-refractivity contribution is 0.200. The summed E-state index contributed by atoms with van der Waals surface area (Å²) >= 11 is 0. The molecule has 2 rings (SSSR count). The van der Waals surface area contributed by atoms with Crippen LogP contribution < -0.4 is 4.74 Å². The maximum absolute atomic E-state index is 13.3.